The van der Waals surface area contributed by atoms with Crippen molar-refractivity contribution >= 4 is 34.8 Å². The number of methoxy groups -OCH3 is 1. The van der Waals surface area contributed by atoms with E-state index in [0.29, 0.717) is 36.8 Å². The molecule has 1 saturated carbocycles. The number of carbonyl (C=O) groups excluding carboxylic acids is 1. The zero-order valence-electron chi connectivity index (χ0n) is 16.4. The highest BCUT2D eigenvalue weighted by atomic mass is 35.5. The Morgan fingerprint density at radius 1 is 1.41 bits per heavy atom. The van der Waals surface area contributed by atoms with E-state index in [4.69, 9.17) is 15.2 Å². The fraction of sp³-hybridized carbons (Fsp3) is 0.632. The molecule has 1 aromatic carbocycles. The molecule has 1 amide bonds. The Balaban J connectivity index is 0.00000364. The molecule has 0 radical (unpaired) electrons. The van der Waals surface area contributed by atoms with Gasteiger partial charge in [-0.3, -0.25) is 9.00 Å². The van der Waals surface area contributed by atoms with Crippen LogP contribution in [0, 0.1) is 5.41 Å². The number of hydrogen-bond acceptors (Lipinski definition) is 5. The Kier molecular flexibility index (Phi) is 8.89. The van der Waals surface area contributed by atoms with Crippen molar-refractivity contribution in [2.75, 3.05) is 31.4 Å². The fourth-order valence-electron chi connectivity index (χ4n) is 3.24. The number of amides is 1. The van der Waals surface area contributed by atoms with Crippen LogP contribution in [0.15, 0.2) is 24.3 Å². The molecule has 6 nitrogen and oxygen atoms in total. The molecule has 0 aromatic heterocycles. The van der Waals surface area contributed by atoms with Gasteiger partial charge in [0.25, 0.3) is 0 Å². The van der Waals surface area contributed by atoms with Gasteiger partial charge in [0.2, 0.25) is 5.91 Å². The summed E-state index contributed by atoms with van der Waals surface area (Å²) in [6.07, 6.45) is 0.484. The maximum absolute atomic E-state index is 12.8. The van der Waals surface area contributed by atoms with Crippen LogP contribution in [0.3, 0.4) is 0 Å². The molecule has 154 valence electrons. The van der Waals surface area contributed by atoms with E-state index in [-0.39, 0.29) is 24.4 Å². The molecule has 1 aromatic rings. The lowest BCUT2D eigenvalue weighted by Gasteiger charge is -2.57. The third-order valence-electron chi connectivity index (χ3n) is 5.26. The first-order valence-corrected chi connectivity index (χ1v) is 10.4. The Bertz CT molecular complexity index is 671. The molecule has 3 N–H and O–H groups in total. The van der Waals surface area contributed by atoms with Gasteiger partial charge in [0, 0.05) is 53.5 Å². The maximum Gasteiger partial charge on any atom is 0.245 e. The normalized spacial score (nSPS) is 24.4. The Morgan fingerprint density at radius 3 is 2.70 bits per heavy atom. The van der Waals surface area contributed by atoms with E-state index in [1.165, 1.54) is 0 Å². The lowest BCUT2D eigenvalue weighted by molar-refractivity contribution is -0.166. The SMILES string of the molecule is CCOC1CC(N)(C(=O)Nc2cccc(CS(=O)CCOC)c2)C1(C)C.Cl. The molecule has 0 saturated heterocycles. The van der Waals surface area contributed by atoms with Gasteiger partial charge in [-0.25, -0.2) is 0 Å². The van der Waals surface area contributed by atoms with E-state index in [0.717, 1.165) is 5.56 Å². The van der Waals surface area contributed by atoms with Crippen molar-refractivity contribution in [1.29, 1.82) is 0 Å². The average molecular weight is 419 g/mol. The molecule has 2 rings (SSSR count). The summed E-state index contributed by atoms with van der Waals surface area (Å²) in [7, 11) is 0.593. The number of rotatable bonds is 9. The summed E-state index contributed by atoms with van der Waals surface area (Å²) >= 11 is 0. The molecule has 1 fully saturated rings. The highest BCUT2D eigenvalue weighted by Crippen LogP contribution is 2.50. The van der Waals surface area contributed by atoms with Gasteiger partial charge in [-0.1, -0.05) is 26.0 Å². The molecular weight excluding hydrogens is 388 g/mol. The Morgan fingerprint density at radius 2 is 2.11 bits per heavy atom. The second-order valence-corrected chi connectivity index (χ2v) is 8.85. The van der Waals surface area contributed by atoms with Crippen LogP contribution in [0.2, 0.25) is 0 Å². The second kappa shape index (κ2) is 9.98. The van der Waals surface area contributed by atoms with E-state index >= 15 is 0 Å². The monoisotopic (exact) mass is 418 g/mol. The van der Waals surface area contributed by atoms with Crippen LogP contribution in [0.5, 0.6) is 0 Å². The van der Waals surface area contributed by atoms with Crippen LogP contribution in [0.4, 0.5) is 5.69 Å². The van der Waals surface area contributed by atoms with Crippen LogP contribution in [-0.2, 0) is 30.8 Å². The first-order chi connectivity index (χ1) is 12.2. The molecule has 3 atom stereocenters. The molecule has 1 aliphatic rings. The average Bonchev–Trinajstić information content (AvgIpc) is 2.59. The number of carbonyl (C=O) groups is 1. The third kappa shape index (κ3) is 5.29. The minimum absolute atomic E-state index is 0. The van der Waals surface area contributed by atoms with Crippen LogP contribution in [-0.4, -0.2) is 47.8 Å². The van der Waals surface area contributed by atoms with Crippen LogP contribution in [0.25, 0.3) is 0 Å². The number of nitrogens with one attached hydrogen (secondary N) is 1. The summed E-state index contributed by atoms with van der Waals surface area (Å²) in [6, 6.07) is 7.40. The number of anilines is 1. The van der Waals surface area contributed by atoms with Crippen molar-refractivity contribution in [1.82, 2.24) is 0 Å². The van der Waals surface area contributed by atoms with Gasteiger partial charge in [-0.2, -0.15) is 0 Å². The quantitative estimate of drug-likeness (QED) is 0.642. The molecule has 0 bridgehead atoms. The fourth-order valence-corrected chi connectivity index (χ4v) is 4.28. The Labute approximate surface area is 170 Å². The predicted molar refractivity (Wildman–Crippen MR) is 112 cm³/mol. The second-order valence-electron chi connectivity index (χ2n) is 7.28. The van der Waals surface area contributed by atoms with Crippen molar-refractivity contribution in [2.24, 2.45) is 11.1 Å². The predicted octanol–water partition coefficient (Wildman–Crippen LogP) is 2.47. The van der Waals surface area contributed by atoms with E-state index < -0.39 is 21.8 Å². The van der Waals surface area contributed by atoms with E-state index in [1.807, 2.05) is 45.0 Å². The summed E-state index contributed by atoms with van der Waals surface area (Å²) in [5, 5.41) is 2.92. The summed E-state index contributed by atoms with van der Waals surface area (Å²) in [6.45, 7) is 6.94. The molecule has 0 aliphatic heterocycles. The third-order valence-corrected chi connectivity index (χ3v) is 6.54. The van der Waals surface area contributed by atoms with Gasteiger partial charge >= 0.3 is 0 Å². The smallest absolute Gasteiger partial charge is 0.245 e. The first kappa shape index (κ1) is 24.0. The summed E-state index contributed by atoms with van der Waals surface area (Å²) in [4.78, 5) is 12.8. The molecule has 0 heterocycles. The number of nitrogens with two attached hydrogens (primary N) is 1. The van der Waals surface area contributed by atoms with Gasteiger partial charge in [0.1, 0.15) is 5.54 Å². The zero-order valence-corrected chi connectivity index (χ0v) is 18.1. The largest absolute Gasteiger partial charge is 0.384 e. The van der Waals surface area contributed by atoms with Crippen molar-refractivity contribution in [3.8, 4) is 0 Å². The summed E-state index contributed by atoms with van der Waals surface area (Å²) in [5.74, 6) is 0.709. The lowest BCUT2D eigenvalue weighted by Crippen LogP contribution is -2.74. The highest BCUT2D eigenvalue weighted by Gasteiger charge is 2.62. The zero-order chi connectivity index (χ0) is 19.4. The topological polar surface area (TPSA) is 90.6 Å². The maximum atomic E-state index is 12.8. The minimum Gasteiger partial charge on any atom is -0.384 e. The molecule has 27 heavy (non-hydrogen) atoms. The number of hydrogen-bond donors (Lipinski definition) is 2. The standard InChI is InChI=1S/C19H30N2O4S.ClH/c1-5-25-16-12-19(20,18(16,2)3)17(22)21-15-8-6-7-14(11-15)13-26(23)10-9-24-4;/h6-8,11,16H,5,9-10,12-13,20H2,1-4H3,(H,21,22);1H. The summed E-state index contributed by atoms with van der Waals surface area (Å²) in [5.41, 5.74) is 6.57. The van der Waals surface area contributed by atoms with Crippen molar-refractivity contribution < 1.29 is 18.5 Å². The van der Waals surface area contributed by atoms with Crippen LogP contribution < -0.4 is 11.1 Å². The van der Waals surface area contributed by atoms with Gasteiger partial charge < -0.3 is 20.5 Å². The van der Waals surface area contributed by atoms with E-state index in [2.05, 4.69) is 5.32 Å². The van der Waals surface area contributed by atoms with E-state index in [9.17, 15) is 9.00 Å². The minimum atomic E-state index is -0.998. The van der Waals surface area contributed by atoms with Crippen molar-refractivity contribution in [3.63, 3.8) is 0 Å². The number of ether oxygens (including phenoxy) is 2. The molecule has 0 spiro atoms. The van der Waals surface area contributed by atoms with E-state index in [1.54, 1.807) is 7.11 Å². The first-order valence-electron chi connectivity index (χ1n) is 8.89. The summed E-state index contributed by atoms with van der Waals surface area (Å²) < 4.78 is 22.6. The Hall–Kier alpha value is -0.990. The lowest BCUT2D eigenvalue weighted by atomic mass is 9.54. The molecule has 1 aliphatic carbocycles. The highest BCUT2D eigenvalue weighted by molar-refractivity contribution is 7.84. The molecule has 8 heteroatoms. The van der Waals surface area contributed by atoms with Gasteiger partial charge in [-0.05, 0) is 24.6 Å². The van der Waals surface area contributed by atoms with Gasteiger partial charge in [0.05, 0.1) is 12.7 Å². The van der Waals surface area contributed by atoms with Crippen molar-refractivity contribution in [3.05, 3.63) is 29.8 Å². The van der Waals surface area contributed by atoms with Gasteiger partial charge in [-0.15, -0.1) is 12.4 Å². The van der Waals surface area contributed by atoms with Gasteiger partial charge in [0.15, 0.2) is 0 Å². The molecular formula is C19H31ClN2O4S. The molecule has 3 unspecified atom stereocenters. The van der Waals surface area contributed by atoms with Crippen LogP contribution in [0.1, 0.15) is 32.8 Å². The number of benzene rings is 1. The van der Waals surface area contributed by atoms with Crippen molar-refractivity contribution in [2.45, 2.75) is 44.6 Å². The number of halogens is 1. The van der Waals surface area contributed by atoms with Crippen LogP contribution >= 0.6 is 12.4 Å².